The van der Waals surface area contributed by atoms with Gasteiger partial charge in [-0.2, -0.15) is 0 Å². The SMILES string of the molecule is C#C[C@]1(F)C(O)[C@@H](COP(=O)(N[C@@H](CC(C)C)C(=O)OCC)N[C@H](CC(C)C)C(=O)OCC)O[C@H]1n1cnc2c(NC3CC3)nc(C)nc21. The van der Waals surface area contributed by atoms with Crippen LogP contribution in [0.25, 0.3) is 11.2 Å². The van der Waals surface area contributed by atoms with Crippen LogP contribution < -0.4 is 15.5 Å². The molecular weight excluding hydrogens is 660 g/mol. The summed E-state index contributed by atoms with van der Waals surface area (Å²) < 4.78 is 54.8. The lowest BCUT2D eigenvalue weighted by Crippen LogP contribution is -2.46. The number of imidazole rings is 1. The molecule has 272 valence electrons. The Bertz CT molecular complexity index is 1530. The van der Waals surface area contributed by atoms with E-state index < -0.39 is 62.4 Å². The lowest BCUT2D eigenvalue weighted by atomic mass is 9.97. The van der Waals surface area contributed by atoms with Crippen molar-refractivity contribution in [3.05, 3.63) is 12.2 Å². The molecule has 2 unspecified atom stereocenters. The number of terminal acetylenes is 1. The zero-order valence-corrected chi connectivity index (χ0v) is 30.0. The van der Waals surface area contributed by atoms with Crippen LogP contribution in [0, 0.1) is 31.1 Å². The number of aryl methyl sites for hydroxylation is 1. The summed E-state index contributed by atoms with van der Waals surface area (Å²) in [6.45, 7) is 11.9. The van der Waals surface area contributed by atoms with Crippen LogP contribution in [0.4, 0.5) is 10.2 Å². The Hall–Kier alpha value is -3.19. The van der Waals surface area contributed by atoms with Crippen molar-refractivity contribution in [2.24, 2.45) is 11.8 Å². The molecule has 49 heavy (non-hydrogen) atoms. The summed E-state index contributed by atoms with van der Waals surface area (Å²) in [4.78, 5) is 39.2. The van der Waals surface area contributed by atoms with Gasteiger partial charge in [0.15, 0.2) is 23.2 Å². The van der Waals surface area contributed by atoms with E-state index in [9.17, 15) is 19.3 Å². The van der Waals surface area contributed by atoms with Crippen molar-refractivity contribution in [3.63, 3.8) is 0 Å². The Labute approximate surface area is 286 Å². The van der Waals surface area contributed by atoms with Gasteiger partial charge in [-0.1, -0.05) is 33.6 Å². The van der Waals surface area contributed by atoms with E-state index in [1.807, 2.05) is 33.6 Å². The highest BCUT2D eigenvalue weighted by Gasteiger charge is 2.58. The molecule has 15 nitrogen and oxygen atoms in total. The Morgan fingerprint density at radius 2 is 1.69 bits per heavy atom. The van der Waals surface area contributed by atoms with Crippen LogP contribution in [-0.2, 0) is 32.9 Å². The summed E-state index contributed by atoms with van der Waals surface area (Å²) in [5.41, 5.74) is -2.18. The minimum Gasteiger partial charge on any atom is -0.465 e. The first kappa shape index (κ1) is 38.6. The molecule has 2 aromatic heterocycles. The summed E-state index contributed by atoms with van der Waals surface area (Å²) in [7, 11) is -4.38. The lowest BCUT2D eigenvalue weighted by Gasteiger charge is -2.30. The number of aliphatic hydroxyl groups excluding tert-OH is 1. The monoisotopic (exact) mass is 709 g/mol. The molecule has 4 rings (SSSR count). The van der Waals surface area contributed by atoms with Gasteiger partial charge in [0.05, 0.1) is 26.1 Å². The van der Waals surface area contributed by atoms with Crippen molar-refractivity contribution in [2.75, 3.05) is 25.1 Å². The van der Waals surface area contributed by atoms with Gasteiger partial charge in [0.25, 0.3) is 0 Å². The standard InChI is InChI=1S/C32H49FN7O8P/c1-9-32(33)26(41)24(48-31(32)40-17-34-25-27(37-21-12-13-21)35-20(8)36-28(25)40)16-47-49(44,38-22(14-18(4)5)29(42)45-10-2)39-23(15-19(6)7)30(43)46-11-3/h1,17-19,21-24,26,31,41H,10-16H2,2-8H3,(H,35,36,37)(H2,38,39,44)/t22-,23+,24-,26?,31-,32+,49?/m1/s1. The molecule has 0 bridgehead atoms. The van der Waals surface area contributed by atoms with E-state index in [0.717, 1.165) is 12.8 Å². The Morgan fingerprint density at radius 1 is 1.12 bits per heavy atom. The predicted octanol–water partition coefficient (Wildman–Crippen LogP) is 3.57. The van der Waals surface area contributed by atoms with Crippen LogP contribution >= 0.6 is 7.67 Å². The van der Waals surface area contributed by atoms with Crippen LogP contribution in [0.3, 0.4) is 0 Å². The number of rotatable bonds is 18. The molecule has 1 aliphatic heterocycles. The van der Waals surface area contributed by atoms with E-state index in [-0.39, 0.29) is 49.6 Å². The molecule has 1 saturated carbocycles. The fraction of sp³-hybridized carbons (Fsp3) is 0.719. The van der Waals surface area contributed by atoms with Gasteiger partial charge in [0, 0.05) is 6.04 Å². The van der Waals surface area contributed by atoms with E-state index in [1.165, 1.54) is 10.9 Å². The maximum absolute atomic E-state index is 16.6. The highest BCUT2D eigenvalue weighted by atomic mass is 31.2. The number of hydrogen-bond acceptors (Lipinski definition) is 12. The second kappa shape index (κ2) is 16.2. The number of halogens is 1. The molecule has 3 heterocycles. The average molecular weight is 710 g/mol. The number of alkyl halides is 1. The predicted molar refractivity (Wildman–Crippen MR) is 179 cm³/mol. The average Bonchev–Trinajstić information content (AvgIpc) is 3.69. The quantitative estimate of drug-likeness (QED) is 0.0999. The number of nitrogens with one attached hydrogen (secondary N) is 3. The lowest BCUT2D eigenvalue weighted by molar-refractivity contribution is -0.146. The number of aliphatic hydroxyl groups is 1. The summed E-state index contributed by atoms with van der Waals surface area (Å²) in [5, 5.41) is 20.0. The highest BCUT2D eigenvalue weighted by molar-refractivity contribution is 7.54. The molecule has 2 aromatic rings. The molecule has 2 fully saturated rings. The maximum atomic E-state index is 16.6. The molecular formula is C32H49FN7O8P. The van der Waals surface area contributed by atoms with Gasteiger partial charge in [-0.25, -0.2) is 29.5 Å². The van der Waals surface area contributed by atoms with Crippen LogP contribution in [0.5, 0.6) is 0 Å². The molecule has 1 saturated heterocycles. The molecule has 0 radical (unpaired) electrons. The summed E-state index contributed by atoms with van der Waals surface area (Å²) in [6.07, 6.45) is 4.36. The van der Waals surface area contributed by atoms with E-state index in [0.29, 0.717) is 17.2 Å². The molecule has 2 aliphatic rings. The van der Waals surface area contributed by atoms with Gasteiger partial charge in [0.2, 0.25) is 5.67 Å². The third-order valence-electron chi connectivity index (χ3n) is 8.00. The first-order valence-corrected chi connectivity index (χ1v) is 18.4. The van der Waals surface area contributed by atoms with Gasteiger partial charge >= 0.3 is 19.6 Å². The second-order valence-corrected chi connectivity index (χ2v) is 15.1. The molecule has 1 aliphatic carbocycles. The van der Waals surface area contributed by atoms with Crippen LogP contribution in [0.2, 0.25) is 0 Å². The Kier molecular flexibility index (Phi) is 12.8. The minimum atomic E-state index is -4.38. The smallest absolute Gasteiger partial charge is 0.342 e. The van der Waals surface area contributed by atoms with Gasteiger partial charge in [-0.15, -0.1) is 6.42 Å². The summed E-state index contributed by atoms with van der Waals surface area (Å²) in [5.74, 6) is 1.49. The zero-order chi connectivity index (χ0) is 36.1. The number of fused-ring (bicyclic) bond motifs is 1. The van der Waals surface area contributed by atoms with Crippen molar-refractivity contribution in [1.82, 2.24) is 29.7 Å². The maximum Gasteiger partial charge on any atom is 0.342 e. The molecule has 7 atom stereocenters. The largest absolute Gasteiger partial charge is 0.465 e. The number of aromatic nitrogens is 4. The number of carbonyl (C=O) groups excluding carboxylic acids is 2. The van der Waals surface area contributed by atoms with Crippen LogP contribution in [0.15, 0.2) is 6.33 Å². The van der Waals surface area contributed by atoms with Crippen molar-refractivity contribution in [2.45, 2.75) is 116 Å². The van der Waals surface area contributed by atoms with Gasteiger partial charge in [0.1, 0.15) is 30.1 Å². The Balaban J connectivity index is 1.65. The first-order chi connectivity index (χ1) is 23.1. The molecule has 0 amide bonds. The van der Waals surface area contributed by atoms with E-state index in [4.69, 9.17) is 25.2 Å². The van der Waals surface area contributed by atoms with Gasteiger partial charge in [-0.3, -0.25) is 18.7 Å². The number of nitrogens with zero attached hydrogens (tertiary/aromatic N) is 4. The van der Waals surface area contributed by atoms with Crippen molar-refractivity contribution < 1.29 is 42.4 Å². The van der Waals surface area contributed by atoms with E-state index in [1.54, 1.807) is 20.8 Å². The van der Waals surface area contributed by atoms with Crippen molar-refractivity contribution >= 4 is 36.6 Å². The number of anilines is 1. The van der Waals surface area contributed by atoms with Gasteiger partial charge < -0.3 is 29.2 Å². The third-order valence-corrected chi connectivity index (χ3v) is 9.82. The van der Waals surface area contributed by atoms with E-state index >= 15 is 4.39 Å². The van der Waals surface area contributed by atoms with Crippen molar-refractivity contribution in [3.8, 4) is 12.3 Å². The van der Waals surface area contributed by atoms with Crippen molar-refractivity contribution in [1.29, 1.82) is 0 Å². The minimum absolute atomic E-state index is 0.0344. The zero-order valence-electron chi connectivity index (χ0n) is 29.1. The number of ether oxygens (including phenoxy) is 3. The molecule has 4 N–H and O–H groups in total. The first-order valence-electron chi connectivity index (χ1n) is 16.8. The van der Waals surface area contributed by atoms with Crippen LogP contribution in [0.1, 0.15) is 79.3 Å². The topological polar surface area (TPSA) is 188 Å². The Morgan fingerprint density at radius 3 is 2.18 bits per heavy atom. The second-order valence-electron chi connectivity index (χ2n) is 13.2. The summed E-state index contributed by atoms with van der Waals surface area (Å²) in [6, 6.07) is -1.95. The third kappa shape index (κ3) is 9.33. The molecule has 0 spiro atoms. The van der Waals surface area contributed by atoms with Gasteiger partial charge in [-0.05, 0) is 58.3 Å². The fourth-order valence-electron chi connectivity index (χ4n) is 5.56. The number of carbonyl (C=O) groups is 2. The molecule has 17 heteroatoms. The summed E-state index contributed by atoms with van der Waals surface area (Å²) >= 11 is 0. The number of hydrogen-bond donors (Lipinski definition) is 4. The number of esters is 2. The van der Waals surface area contributed by atoms with E-state index in [2.05, 4.69) is 30.4 Å². The fourth-order valence-corrected chi connectivity index (χ4v) is 7.38. The molecule has 0 aromatic carbocycles. The highest BCUT2D eigenvalue weighted by Crippen LogP contribution is 2.46. The normalized spacial score (nSPS) is 24.8. The van der Waals surface area contributed by atoms with Crippen LogP contribution in [-0.4, -0.2) is 92.4 Å².